The number of hydrogen-bond acceptors (Lipinski definition) is 4. The molecule has 2 heterocycles. The molecule has 4 nitrogen and oxygen atoms in total. The SMILES string of the molecule is Cc1nccc(CNc2ccncc2C)n1. The van der Waals surface area contributed by atoms with E-state index in [1.54, 1.807) is 12.4 Å². The van der Waals surface area contributed by atoms with Crippen molar-refractivity contribution in [2.24, 2.45) is 0 Å². The Balaban J connectivity index is 2.05. The van der Waals surface area contributed by atoms with Gasteiger partial charge in [-0.15, -0.1) is 0 Å². The van der Waals surface area contributed by atoms with Gasteiger partial charge in [-0.2, -0.15) is 0 Å². The van der Waals surface area contributed by atoms with E-state index in [0.29, 0.717) is 6.54 Å². The number of pyridine rings is 1. The zero-order chi connectivity index (χ0) is 11.4. The minimum atomic E-state index is 0.703. The Bertz CT molecular complexity index is 482. The summed E-state index contributed by atoms with van der Waals surface area (Å²) in [6.07, 6.45) is 5.40. The Kier molecular flexibility index (Phi) is 3.10. The van der Waals surface area contributed by atoms with Crippen LogP contribution in [-0.2, 0) is 6.54 Å². The van der Waals surface area contributed by atoms with Crippen LogP contribution in [0, 0.1) is 13.8 Å². The van der Waals surface area contributed by atoms with Crippen molar-refractivity contribution in [3.05, 3.63) is 47.8 Å². The van der Waals surface area contributed by atoms with Crippen molar-refractivity contribution in [3.63, 3.8) is 0 Å². The maximum Gasteiger partial charge on any atom is 0.125 e. The Labute approximate surface area is 94.8 Å². The van der Waals surface area contributed by atoms with Crippen molar-refractivity contribution in [1.29, 1.82) is 0 Å². The number of anilines is 1. The lowest BCUT2D eigenvalue weighted by Gasteiger charge is -2.08. The summed E-state index contributed by atoms with van der Waals surface area (Å²) in [6.45, 7) is 4.62. The van der Waals surface area contributed by atoms with Crippen molar-refractivity contribution in [2.45, 2.75) is 20.4 Å². The Hall–Kier alpha value is -1.97. The van der Waals surface area contributed by atoms with Crippen LogP contribution < -0.4 is 5.32 Å². The van der Waals surface area contributed by atoms with Crippen LogP contribution in [-0.4, -0.2) is 15.0 Å². The molecule has 0 unspecified atom stereocenters. The van der Waals surface area contributed by atoms with Gasteiger partial charge in [0.1, 0.15) is 5.82 Å². The van der Waals surface area contributed by atoms with E-state index in [0.717, 1.165) is 22.8 Å². The van der Waals surface area contributed by atoms with Gasteiger partial charge in [-0.1, -0.05) is 0 Å². The molecule has 1 N–H and O–H groups in total. The summed E-state index contributed by atoms with van der Waals surface area (Å²) in [7, 11) is 0. The number of aromatic nitrogens is 3. The summed E-state index contributed by atoms with van der Waals surface area (Å²) in [5.74, 6) is 0.797. The number of nitrogens with zero attached hydrogens (tertiary/aromatic N) is 3. The second kappa shape index (κ2) is 4.70. The van der Waals surface area contributed by atoms with E-state index in [1.165, 1.54) is 0 Å². The summed E-state index contributed by atoms with van der Waals surface area (Å²) in [6, 6.07) is 3.87. The molecule has 2 aromatic heterocycles. The molecule has 82 valence electrons. The second-order valence-corrected chi connectivity index (χ2v) is 3.64. The van der Waals surface area contributed by atoms with Crippen LogP contribution in [0.25, 0.3) is 0 Å². The van der Waals surface area contributed by atoms with Crippen molar-refractivity contribution in [2.75, 3.05) is 5.32 Å². The summed E-state index contributed by atoms with van der Waals surface area (Å²) >= 11 is 0. The van der Waals surface area contributed by atoms with Gasteiger partial charge < -0.3 is 5.32 Å². The topological polar surface area (TPSA) is 50.7 Å². The number of hydrogen-bond donors (Lipinski definition) is 1. The zero-order valence-corrected chi connectivity index (χ0v) is 9.44. The van der Waals surface area contributed by atoms with E-state index < -0.39 is 0 Å². The van der Waals surface area contributed by atoms with Gasteiger partial charge in [0, 0.05) is 24.3 Å². The second-order valence-electron chi connectivity index (χ2n) is 3.64. The number of nitrogens with one attached hydrogen (secondary N) is 1. The molecule has 0 atom stereocenters. The monoisotopic (exact) mass is 214 g/mol. The van der Waals surface area contributed by atoms with Crippen LogP contribution in [0.15, 0.2) is 30.7 Å². The fourth-order valence-electron chi connectivity index (χ4n) is 1.46. The molecule has 2 rings (SSSR count). The zero-order valence-electron chi connectivity index (χ0n) is 9.44. The van der Waals surface area contributed by atoms with Crippen LogP contribution in [0.4, 0.5) is 5.69 Å². The smallest absolute Gasteiger partial charge is 0.125 e. The normalized spacial score (nSPS) is 10.1. The van der Waals surface area contributed by atoms with Gasteiger partial charge in [-0.25, -0.2) is 9.97 Å². The van der Waals surface area contributed by atoms with Gasteiger partial charge in [0.2, 0.25) is 0 Å². The van der Waals surface area contributed by atoms with Gasteiger partial charge in [-0.05, 0) is 31.5 Å². The van der Waals surface area contributed by atoms with Crippen molar-refractivity contribution >= 4 is 5.69 Å². The minimum Gasteiger partial charge on any atom is -0.379 e. The third kappa shape index (κ3) is 2.53. The molecule has 16 heavy (non-hydrogen) atoms. The van der Waals surface area contributed by atoms with E-state index in [4.69, 9.17) is 0 Å². The molecular weight excluding hydrogens is 200 g/mol. The molecule has 2 aromatic rings. The first kappa shape index (κ1) is 10.5. The number of rotatable bonds is 3. The molecule has 4 heteroatoms. The molecule has 0 fully saturated rings. The molecule has 0 spiro atoms. The summed E-state index contributed by atoms with van der Waals surface area (Å²) < 4.78 is 0. The first-order chi connectivity index (χ1) is 7.75. The highest BCUT2D eigenvalue weighted by molar-refractivity contribution is 5.48. The van der Waals surface area contributed by atoms with E-state index in [2.05, 4.69) is 20.3 Å². The van der Waals surface area contributed by atoms with Crippen LogP contribution >= 0.6 is 0 Å². The lowest BCUT2D eigenvalue weighted by molar-refractivity contribution is 0.953. The Morgan fingerprint density at radius 1 is 1.19 bits per heavy atom. The average molecular weight is 214 g/mol. The van der Waals surface area contributed by atoms with Crippen LogP contribution in [0.1, 0.15) is 17.1 Å². The average Bonchev–Trinajstić information content (AvgIpc) is 2.28. The molecule has 0 amide bonds. The van der Waals surface area contributed by atoms with E-state index >= 15 is 0 Å². The van der Waals surface area contributed by atoms with Gasteiger partial charge >= 0.3 is 0 Å². The van der Waals surface area contributed by atoms with E-state index in [9.17, 15) is 0 Å². The van der Waals surface area contributed by atoms with Crippen LogP contribution in [0.2, 0.25) is 0 Å². The van der Waals surface area contributed by atoms with Crippen LogP contribution in [0.3, 0.4) is 0 Å². The van der Waals surface area contributed by atoms with Crippen LogP contribution in [0.5, 0.6) is 0 Å². The highest BCUT2D eigenvalue weighted by Crippen LogP contribution is 2.12. The Morgan fingerprint density at radius 3 is 2.81 bits per heavy atom. The summed E-state index contributed by atoms with van der Waals surface area (Å²) in [5, 5.41) is 3.33. The van der Waals surface area contributed by atoms with E-state index in [1.807, 2.05) is 32.2 Å². The molecule has 0 aromatic carbocycles. The first-order valence-electron chi connectivity index (χ1n) is 5.19. The third-order valence-electron chi connectivity index (χ3n) is 2.31. The molecule has 0 saturated carbocycles. The fraction of sp³-hybridized carbons (Fsp3) is 0.250. The standard InChI is InChI=1S/C12H14N4/c1-9-7-13-5-4-12(9)15-8-11-3-6-14-10(2)16-11/h3-7H,8H2,1-2H3,(H,13,15). The molecule has 0 aliphatic heterocycles. The third-order valence-corrected chi connectivity index (χ3v) is 2.31. The van der Waals surface area contributed by atoms with Gasteiger partial charge in [0.05, 0.1) is 12.2 Å². The predicted molar refractivity (Wildman–Crippen MR) is 63.1 cm³/mol. The van der Waals surface area contributed by atoms with Gasteiger partial charge in [-0.3, -0.25) is 4.98 Å². The molecule has 0 bridgehead atoms. The predicted octanol–water partition coefficient (Wildman–Crippen LogP) is 2.10. The van der Waals surface area contributed by atoms with Crippen molar-refractivity contribution in [1.82, 2.24) is 15.0 Å². The van der Waals surface area contributed by atoms with Crippen molar-refractivity contribution in [3.8, 4) is 0 Å². The lowest BCUT2D eigenvalue weighted by atomic mass is 10.2. The molecular formula is C12H14N4. The fourth-order valence-corrected chi connectivity index (χ4v) is 1.46. The first-order valence-corrected chi connectivity index (χ1v) is 5.19. The highest BCUT2D eigenvalue weighted by atomic mass is 14.9. The van der Waals surface area contributed by atoms with Gasteiger partial charge in [0.15, 0.2) is 0 Å². The lowest BCUT2D eigenvalue weighted by Crippen LogP contribution is -2.04. The van der Waals surface area contributed by atoms with E-state index in [-0.39, 0.29) is 0 Å². The molecule has 0 aliphatic rings. The molecule has 0 aliphatic carbocycles. The minimum absolute atomic E-state index is 0.703. The molecule has 0 saturated heterocycles. The largest absolute Gasteiger partial charge is 0.379 e. The maximum atomic E-state index is 4.33. The quantitative estimate of drug-likeness (QED) is 0.850. The van der Waals surface area contributed by atoms with Gasteiger partial charge in [0.25, 0.3) is 0 Å². The maximum absolute atomic E-state index is 4.33. The van der Waals surface area contributed by atoms with Crippen molar-refractivity contribution < 1.29 is 0 Å². The molecule has 0 radical (unpaired) electrons. The highest BCUT2D eigenvalue weighted by Gasteiger charge is 1.98. The number of aryl methyl sites for hydroxylation is 2. The summed E-state index contributed by atoms with van der Waals surface area (Å²) in [4.78, 5) is 12.4. The Morgan fingerprint density at radius 2 is 2.06 bits per heavy atom. The summed E-state index contributed by atoms with van der Waals surface area (Å²) in [5.41, 5.74) is 3.21.